The molecule has 1 aliphatic rings. The molecule has 5 nitrogen and oxygen atoms in total. The van der Waals surface area contributed by atoms with Crippen LogP contribution in [0.4, 0.5) is 0 Å². The van der Waals surface area contributed by atoms with Crippen molar-refractivity contribution in [1.82, 2.24) is 5.32 Å². The second kappa shape index (κ2) is 7.89. The number of carbonyl (C=O) groups is 1. The minimum atomic E-state index is -1.17. The smallest absolute Gasteiger partial charge is 0.423 e. The van der Waals surface area contributed by atoms with Gasteiger partial charge in [0.2, 0.25) is 0 Å². The molecule has 1 saturated carbocycles. The molecule has 0 saturated heterocycles. The van der Waals surface area contributed by atoms with Gasteiger partial charge in [-0.2, -0.15) is 0 Å². The molecule has 1 fully saturated rings. The molecule has 6 heteroatoms. The van der Waals surface area contributed by atoms with Crippen LogP contribution in [0.15, 0.2) is 24.3 Å². The van der Waals surface area contributed by atoms with Crippen molar-refractivity contribution in [3.63, 3.8) is 0 Å². The number of benzene rings is 1. The van der Waals surface area contributed by atoms with Gasteiger partial charge in [-0.05, 0) is 58.1 Å². The van der Waals surface area contributed by atoms with E-state index in [1.54, 1.807) is 52.0 Å². The molecule has 0 spiro atoms. The first-order valence-corrected chi connectivity index (χ1v) is 9.09. The highest BCUT2D eigenvalue weighted by Gasteiger charge is 2.39. The van der Waals surface area contributed by atoms with Crippen molar-refractivity contribution in [2.24, 2.45) is 0 Å². The third-order valence-electron chi connectivity index (χ3n) is 5.28. The van der Waals surface area contributed by atoms with Gasteiger partial charge in [-0.1, -0.05) is 31.4 Å². The quantitative estimate of drug-likeness (QED) is 0.688. The molecule has 138 valence electrons. The topological polar surface area (TPSA) is 78.8 Å². The summed E-state index contributed by atoms with van der Waals surface area (Å²) in [5, 5.41) is 23.5. The molecule has 0 atom stereocenters. The number of hydrogen-bond donors (Lipinski definition) is 3. The second-order valence-corrected chi connectivity index (χ2v) is 7.97. The fourth-order valence-corrected chi connectivity index (χ4v) is 2.81. The maximum absolute atomic E-state index is 12.3. The number of hydrogen-bond acceptors (Lipinski definition) is 4. The molecule has 0 aromatic heterocycles. The Hall–Kier alpha value is -1.37. The summed E-state index contributed by atoms with van der Waals surface area (Å²) in [7, 11) is -1.17. The maximum atomic E-state index is 12.3. The molecule has 0 unspecified atom stereocenters. The van der Waals surface area contributed by atoms with Crippen LogP contribution in [0.5, 0.6) is 0 Å². The van der Waals surface area contributed by atoms with Crippen molar-refractivity contribution >= 4 is 18.5 Å². The van der Waals surface area contributed by atoms with Gasteiger partial charge in [0, 0.05) is 11.6 Å². The molecule has 2 rings (SSSR count). The summed E-state index contributed by atoms with van der Waals surface area (Å²) in [5.74, 6) is -0.0781. The first-order valence-electron chi connectivity index (χ1n) is 9.09. The molecule has 1 aliphatic carbocycles. The zero-order chi connectivity index (χ0) is 18.7. The first-order chi connectivity index (χ1) is 11.6. The van der Waals surface area contributed by atoms with E-state index in [1.165, 1.54) is 19.3 Å². The Bertz CT molecular complexity index is 574. The minimum absolute atomic E-state index is 0.0781. The molecule has 0 heterocycles. The third-order valence-corrected chi connectivity index (χ3v) is 5.28. The summed E-state index contributed by atoms with van der Waals surface area (Å²) in [6.07, 6.45) is 5.68. The van der Waals surface area contributed by atoms with Crippen LogP contribution in [0.3, 0.4) is 0 Å². The molecular weight excluding hydrogens is 317 g/mol. The highest BCUT2D eigenvalue weighted by atomic mass is 16.5. The Morgan fingerprint density at radius 2 is 1.68 bits per heavy atom. The average molecular weight is 347 g/mol. The molecule has 0 bridgehead atoms. The number of nitrogens with one attached hydrogen (secondary N) is 1. The van der Waals surface area contributed by atoms with Crippen molar-refractivity contribution in [3.05, 3.63) is 29.8 Å². The summed E-state index contributed by atoms with van der Waals surface area (Å²) in [6, 6.07) is 7.01. The van der Waals surface area contributed by atoms with E-state index in [-0.39, 0.29) is 11.9 Å². The minimum Gasteiger partial charge on any atom is -0.423 e. The van der Waals surface area contributed by atoms with Gasteiger partial charge in [0.25, 0.3) is 5.91 Å². The van der Waals surface area contributed by atoms with Crippen LogP contribution in [-0.2, 0) is 4.65 Å². The van der Waals surface area contributed by atoms with Gasteiger partial charge < -0.3 is 20.1 Å². The zero-order valence-electron chi connectivity index (χ0n) is 15.7. The monoisotopic (exact) mass is 347 g/mol. The normalized spacial score (nSPS) is 16.6. The lowest BCUT2D eigenvalue weighted by molar-refractivity contribution is -0.0982. The number of aliphatic hydroxyl groups is 1. The predicted molar refractivity (Wildman–Crippen MR) is 99.8 cm³/mol. The largest absolute Gasteiger partial charge is 0.491 e. The summed E-state index contributed by atoms with van der Waals surface area (Å²) < 4.78 is 5.62. The van der Waals surface area contributed by atoms with Gasteiger partial charge in [0.1, 0.15) is 0 Å². The van der Waals surface area contributed by atoms with E-state index in [0.717, 1.165) is 12.8 Å². The maximum Gasteiger partial charge on any atom is 0.491 e. The predicted octanol–water partition coefficient (Wildman–Crippen LogP) is 2.00. The standard InChI is InChI=1S/C19H30BNO4/c1-18(2,23)19(3,4)25-20(24)15-12-10-14(11-13-15)17(22)21-16-8-6-5-7-9-16/h10-13,16,23-24H,5-9H2,1-4H3,(H,21,22). The van der Waals surface area contributed by atoms with E-state index in [1.807, 2.05) is 0 Å². The second-order valence-electron chi connectivity index (χ2n) is 7.97. The van der Waals surface area contributed by atoms with Crippen LogP contribution < -0.4 is 10.8 Å². The fourth-order valence-electron chi connectivity index (χ4n) is 2.81. The molecule has 25 heavy (non-hydrogen) atoms. The Balaban J connectivity index is 1.97. The Morgan fingerprint density at radius 3 is 2.20 bits per heavy atom. The number of rotatable bonds is 6. The molecule has 1 amide bonds. The Kier molecular flexibility index (Phi) is 6.30. The lowest BCUT2D eigenvalue weighted by Crippen LogP contribution is -2.53. The van der Waals surface area contributed by atoms with Crippen LogP contribution in [-0.4, -0.2) is 40.4 Å². The third kappa shape index (κ3) is 5.30. The molecule has 0 aliphatic heterocycles. The number of carbonyl (C=O) groups excluding carboxylic acids is 1. The van der Waals surface area contributed by atoms with E-state index in [9.17, 15) is 14.9 Å². The fraction of sp³-hybridized carbons (Fsp3) is 0.632. The Morgan fingerprint density at radius 1 is 1.12 bits per heavy atom. The van der Waals surface area contributed by atoms with Gasteiger partial charge in [0.15, 0.2) is 0 Å². The van der Waals surface area contributed by atoms with Crippen molar-refractivity contribution in [3.8, 4) is 0 Å². The zero-order valence-corrected chi connectivity index (χ0v) is 15.7. The summed E-state index contributed by atoms with van der Waals surface area (Å²) in [6.45, 7) is 6.72. The lowest BCUT2D eigenvalue weighted by atomic mass is 9.76. The van der Waals surface area contributed by atoms with Crippen molar-refractivity contribution in [2.45, 2.75) is 77.0 Å². The molecule has 1 aromatic carbocycles. The van der Waals surface area contributed by atoms with Gasteiger partial charge in [0.05, 0.1) is 11.2 Å². The van der Waals surface area contributed by atoms with Crippen LogP contribution >= 0.6 is 0 Å². The molecule has 1 aromatic rings. The summed E-state index contributed by atoms with van der Waals surface area (Å²) in [5.41, 5.74) is -0.910. The van der Waals surface area contributed by atoms with Crippen LogP contribution in [0, 0.1) is 0 Å². The molecular formula is C19H30BNO4. The van der Waals surface area contributed by atoms with E-state index in [4.69, 9.17) is 4.65 Å². The van der Waals surface area contributed by atoms with Crippen molar-refractivity contribution < 1.29 is 19.6 Å². The Labute approximate surface area is 150 Å². The van der Waals surface area contributed by atoms with E-state index >= 15 is 0 Å². The van der Waals surface area contributed by atoms with Gasteiger partial charge in [-0.25, -0.2) is 0 Å². The van der Waals surface area contributed by atoms with Gasteiger partial charge in [-0.3, -0.25) is 4.79 Å². The van der Waals surface area contributed by atoms with Crippen molar-refractivity contribution in [1.29, 1.82) is 0 Å². The van der Waals surface area contributed by atoms with Crippen LogP contribution in [0.2, 0.25) is 0 Å². The van der Waals surface area contributed by atoms with Crippen molar-refractivity contribution in [2.75, 3.05) is 0 Å². The highest BCUT2D eigenvalue weighted by Crippen LogP contribution is 2.25. The lowest BCUT2D eigenvalue weighted by Gasteiger charge is -2.38. The number of amides is 1. The first kappa shape index (κ1) is 20.0. The summed E-state index contributed by atoms with van der Waals surface area (Å²) in [4.78, 5) is 12.3. The van der Waals surface area contributed by atoms with E-state index in [2.05, 4.69) is 5.32 Å². The highest BCUT2D eigenvalue weighted by molar-refractivity contribution is 6.60. The van der Waals surface area contributed by atoms with Gasteiger partial charge in [-0.15, -0.1) is 0 Å². The van der Waals surface area contributed by atoms with E-state index in [0.29, 0.717) is 11.0 Å². The average Bonchev–Trinajstić information content (AvgIpc) is 2.54. The molecule has 3 N–H and O–H groups in total. The van der Waals surface area contributed by atoms with E-state index < -0.39 is 18.3 Å². The van der Waals surface area contributed by atoms with Crippen LogP contribution in [0.25, 0.3) is 0 Å². The molecule has 0 radical (unpaired) electrons. The van der Waals surface area contributed by atoms with Gasteiger partial charge >= 0.3 is 7.12 Å². The van der Waals surface area contributed by atoms with Crippen LogP contribution in [0.1, 0.15) is 70.2 Å². The summed E-state index contributed by atoms with van der Waals surface area (Å²) >= 11 is 0. The SMILES string of the molecule is CC(C)(O)C(C)(C)OB(O)c1ccc(C(=O)NC2CCCCC2)cc1.